The molecule has 0 spiro atoms. The van der Waals surface area contributed by atoms with Crippen LogP contribution in [0.1, 0.15) is 54.4 Å². The fourth-order valence-corrected chi connectivity index (χ4v) is 7.67. The van der Waals surface area contributed by atoms with Gasteiger partial charge in [-0.1, -0.05) is 0 Å². The summed E-state index contributed by atoms with van der Waals surface area (Å²) in [5.41, 5.74) is 0. The second-order valence-electron chi connectivity index (χ2n) is 15.1. The third-order valence-electron chi connectivity index (χ3n) is 10.8. The van der Waals surface area contributed by atoms with Crippen molar-refractivity contribution in [3.05, 3.63) is 0 Å². The van der Waals surface area contributed by atoms with Crippen LogP contribution < -0.4 is 10.6 Å². The zero-order valence-corrected chi connectivity index (χ0v) is 31.9. The lowest BCUT2D eigenvalue weighted by Crippen LogP contribution is -2.67. The summed E-state index contributed by atoms with van der Waals surface area (Å²) in [6.07, 6.45) is -29.6. The van der Waals surface area contributed by atoms with Crippen molar-refractivity contribution < 1.29 is 98.2 Å². The minimum absolute atomic E-state index is 0.0337. The van der Waals surface area contributed by atoms with Gasteiger partial charge in [0.2, 0.25) is 11.8 Å². The Balaban J connectivity index is 1.41. The van der Waals surface area contributed by atoms with Crippen LogP contribution in [0.15, 0.2) is 0 Å². The van der Waals surface area contributed by atoms with E-state index in [9.17, 15) is 55.5 Å². The third kappa shape index (κ3) is 10.1. The fraction of sp³-hybridized carbons (Fsp3) is 0.941. The molecule has 56 heavy (non-hydrogen) atoms. The van der Waals surface area contributed by atoms with E-state index < -0.39 is 160 Å². The quantitative estimate of drug-likeness (QED) is 0.0927. The van der Waals surface area contributed by atoms with Crippen LogP contribution in [0.2, 0.25) is 0 Å². The summed E-state index contributed by atoms with van der Waals surface area (Å²) in [5, 5.41) is 102. The van der Waals surface area contributed by atoms with Gasteiger partial charge in [0.05, 0.1) is 43.1 Å². The molecule has 324 valence electrons. The number of nitrogens with one attached hydrogen (secondary N) is 2. The van der Waals surface area contributed by atoms with Gasteiger partial charge in [-0.2, -0.15) is 0 Å². The lowest BCUT2D eigenvalue weighted by Gasteiger charge is -2.50. The van der Waals surface area contributed by atoms with Crippen LogP contribution in [0.25, 0.3) is 0 Å². The first-order valence-corrected chi connectivity index (χ1v) is 18.8. The second kappa shape index (κ2) is 19.1. The summed E-state index contributed by atoms with van der Waals surface area (Å²) < 4.78 is 53.6. The summed E-state index contributed by atoms with van der Waals surface area (Å²) in [5.74, 6) is -0.835. The average Bonchev–Trinajstić information content (AvgIpc) is 3.12. The highest BCUT2D eigenvalue weighted by Gasteiger charge is 2.55. The van der Waals surface area contributed by atoms with Crippen LogP contribution >= 0.6 is 0 Å². The topological polar surface area (TPSA) is 323 Å². The number of carbonyl (C=O) groups excluding carboxylic acids is 2. The van der Waals surface area contributed by atoms with Gasteiger partial charge >= 0.3 is 0 Å². The molecule has 5 heterocycles. The van der Waals surface area contributed by atoms with Crippen molar-refractivity contribution in [1.82, 2.24) is 10.6 Å². The molecule has 5 saturated heterocycles. The molecule has 0 aromatic rings. The monoisotopic (exact) mass is 814 g/mol. The molecule has 0 aromatic heterocycles. The number of carbonyl (C=O) groups is 2. The molecule has 2 amide bonds. The summed E-state index contributed by atoms with van der Waals surface area (Å²) in [7, 11) is 0. The number of hydrogen-bond donors (Lipinski definition) is 11. The van der Waals surface area contributed by atoms with E-state index in [1.165, 1.54) is 27.7 Å². The van der Waals surface area contributed by atoms with E-state index in [1.54, 1.807) is 13.8 Å². The van der Waals surface area contributed by atoms with Crippen LogP contribution in [0.5, 0.6) is 0 Å². The molecular weight excluding hydrogens is 756 g/mol. The minimum atomic E-state index is -1.90. The predicted octanol–water partition coefficient (Wildman–Crippen LogP) is -5.47. The van der Waals surface area contributed by atoms with Gasteiger partial charge in [-0.25, -0.2) is 0 Å². The van der Waals surface area contributed by atoms with Gasteiger partial charge < -0.3 is 99.2 Å². The highest BCUT2D eigenvalue weighted by Crippen LogP contribution is 2.36. The van der Waals surface area contributed by atoms with E-state index in [-0.39, 0.29) is 12.8 Å². The summed E-state index contributed by atoms with van der Waals surface area (Å²) in [4.78, 5) is 23.7. The van der Waals surface area contributed by atoms with Gasteiger partial charge in [0.25, 0.3) is 0 Å². The lowest BCUT2D eigenvalue weighted by molar-refractivity contribution is -0.397. The number of aliphatic hydroxyl groups excluding tert-OH is 9. The van der Waals surface area contributed by atoms with Gasteiger partial charge in [0, 0.05) is 26.7 Å². The van der Waals surface area contributed by atoms with E-state index in [0.717, 1.165) is 0 Å². The number of rotatable bonds is 11. The Morgan fingerprint density at radius 3 is 1.52 bits per heavy atom. The maximum absolute atomic E-state index is 12.0. The molecule has 22 nitrogen and oxygen atoms in total. The molecule has 1 unspecified atom stereocenters. The number of ether oxygens (including phenoxy) is 9. The maximum Gasteiger partial charge on any atom is 0.217 e. The van der Waals surface area contributed by atoms with Gasteiger partial charge in [0.1, 0.15) is 73.2 Å². The van der Waals surface area contributed by atoms with Crippen molar-refractivity contribution in [3.8, 4) is 0 Å². The molecule has 5 aliphatic rings. The molecule has 22 heteroatoms. The largest absolute Gasteiger partial charge is 0.394 e. The van der Waals surface area contributed by atoms with Gasteiger partial charge in [-0.15, -0.1) is 0 Å². The highest BCUT2D eigenvalue weighted by atomic mass is 16.8. The van der Waals surface area contributed by atoms with Gasteiger partial charge in [-0.3, -0.25) is 9.59 Å². The molecule has 5 fully saturated rings. The number of hydrogen-bond acceptors (Lipinski definition) is 20. The van der Waals surface area contributed by atoms with E-state index in [1.807, 2.05) is 0 Å². The Morgan fingerprint density at radius 2 is 1.00 bits per heavy atom. The summed E-state index contributed by atoms with van der Waals surface area (Å²) in [6.45, 7) is 7.88. The SMILES string of the molecule is CC(=O)N[C@@H]1C[C@H](O[C@@H]2[C@@H](O)[C@H](O[C@H]3[C@H](O[C@H]4C[C@@H](NC(C)=O)[C@H](O)[C@@H](C)O4)[C@@H](O[C@@H]4O[C@H](CO)[C@@H](O)[C@H](O)[C@H]4O)C(O)O[C@@H]3C)O[C@H](C)[C@H]2O)O[C@H](C)[C@H]1O. The first kappa shape index (κ1) is 45.3. The average molecular weight is 815 g/mol. The smallest absolute Gasteiger partial charge is 0.217 e. The Kier molecular flexibility index (Phi) is 15.4. The standard InChI is InChI=1S/C34H58N2O20/c1-10-21(40)16(35-14(5)38)7-19(48-10)53-29-23(42)12(3)51-34(27(29)46)55-28-13(4)50-32(47)31(56-33-26(45)25(44)24(43)18(9-37)52-33)30(28)54-20-8-17(36-15(6)39)22(41)11(2)49-20/h10-13,16-34,37,40-47H,7-9H2,1-6H3,(H,35,38)(H,36,39)/t10-,11-,12-,13-,16-,17-,18-,19+,20+,21-,22-,23-,24-,25+,26-,27-,28-,29+,30+,31-,32?,33+,34+/m1/s1. The summed E-state index contributed by atoms with van der Waals surface area (Å²) in [6, 6.07) is -1.60. The Labute approximate surface area is 322 Å². The van der Waals surface area contributed by atoms with Crippen LogP contribution in [-0.2, 0) is 52.2 Å². The minimum Gasteiger partial charge on any atom is -0.394 e. The first-order valence-electron chi connectivity index (χ1n) is 18.8. The van der Waals surface area contributed by atoms with Crippen LogP contribution in [0.4, 0.5) is 0 Å². The summed E-state index contributed by atoms with van der Waals surface area (Å²) >= 11 is 0. The zero-order valence-electron chi connectivity index (χ0n) is 31.9. The Morgan fingerprint density at radius 1 is 0.518 bits per heavy atom. The second-order valence-corrected chi connectivity index (χ2v) is 15.1. The Hall–Kier alpha value is -1.78. The molecular formula is C34H58N2O20. The number of amides is 2. The van der Waals surface area contributed by atoms with Crippen molar-refractivity contribution in [2.45, 2.75) is 196 Å². The van der Waals surface area contributed by atoms with Crippen LogP contribution in [0.3, 0.4) is 0 Å². The van der Waals surface area contributed by atoms with E-state index in [2.05, 4.69) is 10.6 Å². The highest BCUT2D eigenvalue weighted by molar-refractivity contribution is 5.73. The normalized spacial score (nSPS) is 50.2. The van der Waals surface area contributed by atoms with Crippen molar-refractivity contribution in [1.29, 1.82) is 0 Å². The molecule has 5 aliphatic heterocycles. The van der Waals surface area contributed by atoms with E-state index in [0.29, 0.717) is 0 Å². The molecule has 5 rings (SSSR count). The maximum atomic E-state index is 12.0. The van der Waals surface area contributed by atoms with Crippen molar-refractivity contribution >= 4 is 11.8 Å². The predicted molar refractivity (Wildman–Crippen MR) is 181 cm³/mol. The van der Waals surface area contributed by atoms with Crippen molar-refractivity contribution in [2.75, 3.05) is 6.61 Å². The molecule has 0 aromatic carbocycles. The molecule has 23 atom stereocenters. The van der Waals surface area contributed by atoms with E-state index >= 15 is 0 Å². The van der Waals surface area contributed by atoms with Gasteiger partial charge in [0.15, 0.2) is 31.5 Å². The van der Waals surface area contributed by atoms with Crippen molar-refractivity contribution in [2.24, 2.45) is 0 Å². The molecule has 0 bridgehead atoms. The van der Waals surface area contributed by atoms with Crippen LogP contribution in [0, 0.1) is 0 Å². The molecule has 0 aliphatic carbocycles. The van der Waals surface area contributed by atoms with Crippen molar-refractivity contribution in [3.63, 3.8) is 0 Å². The van der Waals surface area contributed by atoms with E-state index in [4.69, 9.17) is 42.6 Å². The van der Waals surface area contributed by atoms with Gasteiger partial charge in [-0.05, 0) is 27.7 Å². The fourth-order valence-electron chi connectivity index (χ4n) is 7.67. The molecule has 11 N–H and O–H groups in total. The third-order valence-corrected chi connectivity index (χ3v) is 10.8. The molecule has 0 saturated carbocycles. The first-order chi connectivity index (χ1) is 26.3. The lowest BCUT2D eigenvalue weighted by atomic mass is 9.95. The number of aliphatic hydroxyl groups is 9. The Bertz CT molecular complexity index is 1300. The van der Waals surface area contributed by atoms with Crippen LogP contribution in [-0.4, -0.2) is 206 Å². The zero-order chi connectivity index (χ0) is 41.3. The molecule has 0 radical (unpaired) electrons.